The van der Waals surface area contributed by atoms with Crippen LogP contribution in [0.25, 0.3) is 0 Å². The van der Waals surface area contributed by atoms with Crippen LogP contribution in [0.5, 0.6) is 0 Å². The van der Waals surface area contributed by atoms with Crippen LogP contribution in [0.15, 0.2) is 33.9 Å². The Labute approximate surface area is 240 Å². The first kappa shape index (κ1) is 35.5. The summed E-state index contributed by atoms with van der Waals surface area (Å²) in [4.78, 5) is 26.5. The number of aromatic nitrogens is 2. The van der Waals surface area contributed by atoms with Crippen LogP contribution < -0.4 is 21.7 Å². The van der Waals surface area contributed by atoms with Gasteiger partial charge in [0.1, 0.15) is 0 Å². The van der Waals surface area contributed by atoms with Crippen molar-refractivity contribution < 1.29 is 36.7 Å². The smallest absolute Gasteiger partial charge is 0.418 e. The average molecular weight is 666 g/mol. The summed E-state index contributed by atoms with van der Waals surface area (Å²) in [6.45, 7) is 9.13. The summed E-state index contributed by atoms with van der Waals surface area (Å²) >= 11 is 0. The molecule has 0 saturated carbocycles. The van der Waals surface area contributed by atoms with E-state index in [4.69, 9.17) is 0 Å². The maximum absolute atomic E-state index is 13.2. The first-order valence-electron chi connectivity index (χ1n) is 13.3. The summed E-state index contributed by atoms with van der Waals surface area (Å²) in [5.74, 6) is 0. The van der Waals surface area contributed by atoms with Crippen LogP contribution in [-0.4, -0.2) is 39.3 Å². The zero-order valence-electron chi connectivity index (χ0n) is 23.3. The van der Waals surface area contributed by atoms with Gasteiger partial charge in [-0.1, -0.05) is 67.8 Å². The molecule has 4 atom stereocenters. The predicted molar refractivity (Wildman–Crippen MR) is 153 cm³/mol. The average Bonchev–Trinajstić information content (AvgIpc) is 3.28. The molecule has 1 radical (unpaired) electrons. The van der Waals surface area contributed by atoms with E-state index in [1.807, 2.05) is 0 Å². The number of hydrogen-bond donors (Lipinski definition) is 0. The van der Waals surface area contributed by atoms with Crippen molar-refractivity contribution in [3.8, 4) is 0 Å². The molecule has 219 valence electrons. The SMILES string of the molecule is C1=C\CC/C=C\CC/1.C[C@@H]1CC[C@@H](C)P1c1c(P2[C@H](C)CC[C@H]2C)c(=O)n(C)n(C)c1=O.F[B-](F)(F)F.[Rh]. The standard InChI is InChI=1S/C18H30N2O2P2.C8H12.BF4.Rh/c1-11-7-8-12(2)23(11)15-16(24-13(3)9-10-14(24)4)18(22)20(6)19(5)17(15)21;1-2-4-6-8-7-5-3-1;2-1(3,4)5;/h11-14H,7-10H2,1-6H3;1-2,7-8H,3-6H2;;/q;;-1;/b;2-1-,8-7-;;/t11-,12-,13-,14-;;;/m1.../s1. The molecule has 4 nitrogen and oxygen atoms in total. The Morgan fingerprint density at radius 1 is 0.632 bits per heavy atom. The Kier molecular flexibility index (Phi) is 14.9. The molecule has 0 N–H and O–H groups in total. The Morgan fingerprint density at radius 2 is 0.842 bits per heavy atom. The molecule has 2 aliphatic heterocycles. The second-order valence-corrected chi connectivity index (χ2v) is 16.4. The van der Waals surface area contributed by atoms with Gasteiger partial charge in [-0.05, 0) is 74.0 Å². The van der Waals surface area contributed by atoms with Crippen LogP contribution in [-0.2, 0) is 33.6 Å². The van der Waals surface area contributed by atoms with Crippen LogP contribution in [0.2, 0.25) is 0 Å². The van der Waals surface area contributed by atoms with Gasteiger partial charge in [-0.3, -0.25) is 19.0 Å². The van der Waals surface area contributed by atoms with Gasteiger partial charge in [0.05, 0.1) is 10.6 Å². The first-order chi connectivity index (χ1) is 17.3. The van der Waals surface area contributed by atoms with Gasteiger partial charge in [0.15, 0.2) is 0 Å². The van der Waals surface area contributed by atoms with Crippen molar-refractivity contribution in [3.63, 3.8) is 0 Å². The molecule has 2 saturated heterocycles. The molecule has 0 spiro atoms. The molecule has 1 aliphatic carbocycles. The summed E-state index contributed by atoms with van der Waals surface area (Å²) in [6, 6.07) is 0. The molecule has 3 aliphatic rings. The zero-order valence-corrected chi connectivity index (χ0v) is 26.7. The van der Waals surface area contributed by atoms with Crippen molar-refractivity contribution in [2.24, 2.45) is 14.1 Å². The number of nitrogens with zero attached hydrogens (tertiary/aromatic N) is 2. The van der Waals surface area contributed by atoms with E-state index >= 15 is 0 Å². The van der Waals surface area contributed by atoms with Gasteiger partial charge >= 0.3 is 7.25 Å². The molecule has 38 heavy (non-hydrogen) atoms. The van der Waals surface area contributed by atoms with Gasteiger partial charge < -0.3 is 17.3 Å². The van der Waals surface area contributed by atoms with Crippen LogP contribution >= 0.6 is 15.8 Å². The molecule has 2 fully saturated rings. The molecule has 3 heterocycles. The summed E-state index contributed by atoms with van der Waals surface area (Å²) in [5.41, 5.74) is 2.39. The topological polar surface area (TPSA) is 44.0 Å². The van der Waals surface area contributed by atoms with Gasteiger partial charge in [0.25, 0.3) is 11.1 Å². The number of rotatable bonds is 2. The summed E-state index contributed by atoms with van der Waals surface area (Å²) < 4.78 is 42.1. The summed E-state index contributed by atoms with van der Waals surface area (Å²) in [5, 5.41) is 1.89. The molecule has 12 heteroatoms. The van der Waals surface area contributed by atoms with Gasteiger partial charge in [-0.25, -0.2) is 0 Å². The molecule has 0 bridgehead atoms. The van der Waals surface area contributed by atoms with Crippen LogP contribution in [0.4, 0.5) is 17.3 Å². The summed E-state index contributed by atoms with van der Waals surface area (Å²) in [7, 11) is -3.58. The normalized spacial score (nSPS) is 27.6. The molecule has 0 unspecified atom stereocenters. The van der Waals surface area contributed by atoms with Gasteiger partial charge in [0.2, 0.25) is 0 Å². The second kappa shape index (κ2) is 16.0. The Bertz CT molecular complexity index is 962. The van der Waals surface area contributed by atoms with E-state index in [0.29, 0.717) is 22.6 Å². The van der Waals surface area contributed by atoms with E-state index in [1.54, 1.807) is 23.5 Å². The third kappa shape index (κ3) is 9.81. The second-order valence-electron chi connectivity index (χ2n) is 10.3. The van der Waals surface area contributed by atoms with E-state index in [9.17, 15) is 26.9 Å². The maximum Gasteiger partial charge on any atom is 0.673 e. The molecule has 1 aromatic rings. The minimum absolute atomic E-state index is 0. The fraction of sp³-hybridized carbons (Fsp3) is 0.692. The van der Waals surface area contributed by atoms with Crippen molar-refractivity contribution >= 4 is 33.7 Å². The quantitative estimate of drug-likeness (QED) is 0.159. The predicted octanol–water partition coefficient (Wildman–Crippen LogP) is 6.41. The molecule has 0 aromatic carbocycles. The van der Waals surface area contributed by atoms with Crippen molar-refractivity contribution in [2.75, 3.05) is 0 Å². The van der Waals surface area contributed by atoms with E-state index in [1.165, 1.54) is 51.4 Å². The largest absolute Gasteiger partial charge is 0.673 e. The maximum atomic E-state index is 13.2. The fourth-order valence-corrected chi connectivity index (χ4v) is 12.7. The Hall–Kier alpha value is -0.572. The fourth-order valence-electron chi connectivity index (χ4n) is 5.37. The van der Waals surface area contributed by atoms with Gasteiger partial charge in [0, 0.05) is 33.6 Å². The zero-order chi connectivity index (χ0) is 27.9. The van der Waals surface area contributed by atoms with Crippen molar-refractivity contribution in [1.82, 2.24) is 9.36 Å². The van der Waals surface area contributed by atoms with Crippen LogP contribution in [0.1, 0.15) is 79.1 Å². The number of allylic oxidation sites excluding steroid dienone is 4. The molecular formula is C26H42BF4N2O2P2Rh-. The third-order valence-corrected chi connectivity index (χ3v) is 14.3. The summed E-state index contributed by atoms with van der Waals surface area (Å²) in [6.07, 6.45) is 18.8. The Morgan fingerprint density at radius 3 is 1.05 bits per heavy atom. The first-order valence-corrected chi connectivity index (χ1v) is 16.3. The van der Waals surface area contributed by atoms with E-state index < -0.39 is 23.1 Å². The third-order valence-electron chi connectivity index (χ3n) is 7.42. The van der Waals surface area contributed by atoms with E-state index in [-0.39, 0.29) is 30.6 Å². The molecule has 1 aromatic heterocycles. The van der Waals surface area contributed by atoms with Gasteiger partial charge in [-0.15, -0.1) is 0 Å². The van der Waals surface area contributed by atoms with E-state index in [2.05, 4.69) is 52.0 Å². The monoisotopic (exact) mass is 666 g/mol. The number of halogens is 4. The Balaban J connectivity index is 0.000000427. The van der Waals surface area contributed by atoms with Gasteiger partial charge in [-0.2, -0.15) is 0 Å². The van der Waals surface area contributed by atoms with Crippen molar-refractivity contribution in [2.45, 2.75) is 102 Å². The van der Waals surface area contributed by atoms with Crippen molar-refractivity contribution in [3.05, 3.63) is 45.0 Å². The van der Waals surface area contributed by atoms with Crippen LogP contribution in [0.3, 0.4) is 0 Å². The molecule has 0 amide bonds. The minimum atomic E-state index is -6.00. The van der Waals surface area contributed by atoms with Crippen molar-refractivity contribution in [1.29, 1.82) is 0 Å². The van der Waals surface area contributed by atoms with E-state index in [0.717, 1.165) is 10.6 Å². The molecule has 4 rings (SSSR count). The molecular weight excluding hydrogens is 624 g/mol. The van der Waals surface area contributed by atoms with Crippen LogP contribution in [0, 0.1) is 0 Å². The minimum Gasteiger partial charge on any atom is -0.418 e. The number of hydrogen-bond acceptors (Lipinski definition) is 2.